The number of amides is 1. The lowest BCUT2D eigenvalue weighted by Crippen LogP contribution is -2.48. The number of carbonyl (C=O) groups excluding carboxylic acids is 1. The molecule has 2 aromatic heterocycles. The monoisotopic (exact) mass is 330 g/mol. The Kier molecular flexibility index (Phi) is 4.57. The normalized spacial score (nSPS) is 20.9. The molecule has 2 aromatic rings. The van der Waals surface area contributed by atoms with Crippen LogP contribution in [0.2, 0.25) is 0 Å². The van der Waals surface area contributed by atoms with Crippen molar-refractivity contribution < 1.29 is 9.90 Å². The molecule has 24 heavy (non-hydrogen) atoms. The van der Waals surface area contributed by atoms with Crippen LogP contribution in [-0.2, 0) is 6.42 Å². The van der Waals surface area contributed by atoms with E-state index in [0.29, 0.717) is 19.3 Å². The van der Waals surface area contributed by atoms with Crippen molar-refractivity contribution in [3.8, 4) is 0 Å². The first-order valence-corrected chi connectivity index (χ1v) is 7.73. The second-order valence-electron chi connectivity index (χ2n) is 6.03. The molecule has 126 valence electrons. The van der Waals surface area contributed by atoms with Gasteiger partial charge in [0, 0.05) is 24.5 Å². The third-order valence-corrected chi connectivity index (χ3v) is 4.25. The van der Waals surface area contributed by atoms with Gasteiger partial charge in [-0.25, -0.2) is 4.79 Å². The first kappa shape index (κ1) is 16.1. The Hall–Kier alpha value is -2.74. The minimum absolute atomic E-state index is 0.0802. The summed E-state index contributed by atoms with van der Waals surface area (Å²) in [5.41, 5.74) is -0.425. The molecule has 1 fully saturated rings. The van der Waals surface area contributed by atoms with E-state index >= 15 is 0 Å². The highest BCUT2D eigenvalue weighted by Crippen LogP contribution is 2.31. The second-order valence-corrected chi connectivity index (χ2v) is 6.03. The molecular formula is C16H18N4O4. The van der Waals surface area contributed by atoms with E-state index < -0.39 is 17.2 Å². The molecule has 0 spiro atoms. The summed E-state index contributed by atoms with van der Waals surface area (Å²) >= 11 is 0. The predicted octanol–water partition coefficient (Wildman–Crippen LogP) is -0.430. The lowest BCUT2D eigenvalue weighted by molar-refractivity contribution is 0.0238. The Morgan fingerprint density at radius 3 is 2.62 bits per heavy atom. The van der Waals surface area contributed by atoms with Crippen molar-refractivity contribution in [1.29, 1.82) is 0 Å². The molecule has 8 heteroatoms. The molecule has 0 unspecified atom stereocenters. The third-order valence-electron chi connectivity index (χ3n) is 4.25. The summed E-state index contributed by atoms with van der Waals surface area (Å²) in [7, 11) is 0. The average molecular weight is 330 g/mol. The van der Waals surface area contributed by atoms with Gasteiger partial charge in [0.25, 0.3) is 11.5 Å². The smallest absolute Gasteiger partial charge is 0.326 e. The van der Waals surface area contributed by atoms with Gasteiger partial charge in [0.2, 0.25) is 0 Å². The number of nitrogens with zero attached hydrogens (tertiary/aromatic N) is 1. The number of H-pyrrole nitrogens is 2. The molecule has 0 aliphatic heterocycles. The highest BCUT2D eigenvalue weighted by Gasteiger charge is 2.35. The van der Waals surface area contributed by atoms with Crippen molar-refractivity contribution >= 4 is 5.91 Å². The van der Waals surface area contributed by atoms with Gasteiger partial charge in [-0.05, 0) is 42.9 Å². The first-order valence-electron chi connectivity index (χ1n) is 7.73. The maximum Gasteiger partial charge on any atom is 0.326 e. The van der Waals surface area contributed by atoms with E-state index in [4.69, 9.17) is 0 Å². The molecule has 0 radical (unpaired) electrons. The van der Waals surface area contributed by atoms with Gasteiger partial charge in [-0.1, -0.05) is 0 Å². The van der Waals surface area contributed by atoms with Crippen molar-refractivity contribution in [2.75, 3.05) is 0 Å². The predicted molar refractivity (Wildman–Crippen MR) is 85.6 cm³/mol. The van der Waals surface area contributed by atoms with E-state index in [1.165, 1.54) is 0 Å². The van der Waals surface area contributed by atoms with Gasteiger partial charge in [-0.2, -0.15) is 0 Å². The first-order chi connectivity index (χ1) is 11.5. The molecule has 1 atom stereocenters. The van der Waals surface area contributed by atoms with Crippen molar-refractivity contribution in [1.82, 2.24) is 20.3 Å². The number of hydrogen-bond acceptors (Lipinski definition) is 5. The van der Waals surface area contributed by atoms with Gasteiger partial charge in [-0.3, -0.25) is 19.6 Å². The molecule has 8 nitrogen and oxygen atoms in total. The van der Waals surface area contributed by atoms with Crippen LogP contribution in [0.3, 0.4) is 0 Å². The number of aliphatic hydroxyl groups is 1. The standard InChI is InChI=1S/C16H18N4O4/c21-11-6-10(7-11)12(5-9-1-3-17-4-2-9)18-15(23)13-8-14(22)20-16(24)19-13/h1-4,8,10-12,21H,5-7H2,(H,18,23)(H2,19,20,22,24)/t10?,11?,12-/m1/s1. The highest BCUT2D eigenvalue weighted by atomic mass is 16.3. The van der Waals surface area contributed by atoms with E-state index in [1.807, 2.05) is 17.1 Å². The summed E-state index contributed by atoms with van der Waals surface area (Å²) in [6.07, 6.45) is 4.82. The van der Waals surface area contributed by atoms with Crippen LogP contribution in [0.25, 0.3) is 0 Å². The number of nitrogens with one attached hydrogen (secondary N) is 3. The average Bonchev–Trinajstić information content (AvgIpc) is 2.51. The summed E-state index contributed by atoms with van der Waals surface area (Å²) < 4.78 is 0. The van der Waals surface area contributed by atoms with Gasteiger partial charge < -0.3 is 15.4 Å². The molecule has 4 N–H and O–H groups in total. The quantitative estimate of drug-likeness (QED) is 0.591. The van der Waals surface area contributed by atoms with Crippen molar-refractivity contribution in [2.24, 2.45) is 5.92 Å². The zero-order chi connectivity index (χ0) is 17.1. The summed E-state index contributed by atoms with van der Waals surface area (Å²) in [6.45, 7) is 0. The van der Waals surface area contributed by atoms with E-state index in [9.17, 15) is 19.5 Å². The largest absolute Gasteiger partial charge is 0.393 e. The Balaban J connectivity index is 1.77. The summed E-state index contributed by atoms with van der Waals surface area (Å²) in [5, 5.41) is 12.4. The highest BCUT2D eigenvalue weighted by molar-refractivity contribution is 5.92. The van der Waals surface area contributed by atoms with E-state index in [2.05, 4.69) is 15.3 Å². The number of carbonyl (C=O) groups is 1. The third kappa shape index (κ3) is 3.77. The Labute approximate surface area is 137 Å². The van der Waals surface area contributed by atoms with Gasteiger partial charge >= 0.3 is 5.69 Å². The number of aromatic nitrogens is 3. The van der Waals surface area contributed by atoms with Crippen LogP contribution in [0.1, 0.15) is 28.9 Å². The lowest BCUT2D eigenvalue weighted by Gasteiger charge is -2.38. The minimum atomic E-state index is -0.725. The number of rotatable bonds is 5. The van der Waals surface area contributed by atoms with Crippen LogP contribution < -0.4 is 16.6 Å². The fourth-order valence-corrected chi connectivity index (χ4v) is 2.90. The van der Waals surface area contributed by atoms with Crippen LogP contribution in [0.5, 0.6) is 0 Å². The Morgan fingerprint density at radius 1 is 1.29 bits per heavy atom. The summed E-state index contributed by atoms with van der Waals surface area (Å²) in [6, 6.07) is 4.58. The van der Waals surface area contributed by atoms with Crippen LogP contribution in [0, 0.1) is 5.92 Å². The van der Waals surface area contributed by atoms with Gasteiger partial charge in [0.15, 0.2) is 0 Å². The molecule has 1 aliphatic rings. The fraction of sp³-hybridized carbons (Fsp3) is 0.375. The molecule has 1 aliphatic carbocycles. The molecule has 3 rings (SSSR count). The second kappa shape index (κ2) is 6.79. The van der Waals surface area contributed by atoms with E-state index in [-0.39, 0.29) is 23.8 Å². The maximum atomic E-state index is 12.4. The molecule has 1 amide bonds. The van der Waals surface area contributed by atoms with Gasteiger partial charge in [0.1, 0.15) is 5.69 Å². The minimum Gasteiger partial charge on any atom is -0.393 e. The Bertz CT molecular complexity index is 795. The fourth-order valence-electron chi connectivity index (χ4n) is 2.90. The summed E-state index contributed by atoms with van der Waals surface area (Å²) in [5.74, 6) is -0.371. The van der Waals surface area contributed by atoms with E-state index in [0.717, 1.165) is 11.6 Å². The molecular weight excluding hydrogens is 312 g/mol. The van der Waals surface area contributed by atoms with E-state index in [1.54, 1.807) is 12.4 Å². The number of aromatic amines is 2. The SMILES string of the molecule is O=C(N[C@H](Cc1ccncc1)C1CC(O)C1)c1cc(=O)[nH]c(=O)[nH]1. The maximum absolute atomic E-state index is 12.4. The zero-order valence-electron chi connectivity index (χ0n) is 12.9. The molecule has 1 saturated carbocycles. The Morgan fingerprint density at radius 2 is 2.00 bits per heavy atom. The van der Waals surface area contributed by atoms with Crippen LogP contribution in [0.15, 0.2) is 40.2 Å². The number of aliphatic hydroxyl groups excluding tert-OH is 1. The topological polar surface area (TPSA) is 128 Å². The number of hydrogen-bond donors (Lipinski definition) is 4. The molecule has 2 heterocycles. The van der Waals surface area contributed by atoms with Gasteiger partial charge in [0.05, 0.1) is 6.10 Å². The van der Waals surface area contributed by atoms with Crippen LogP contribution in [-0.4, -0.2) is 38.1 Å². The molecule has 0 bridgehead atoms. The van der Waals surface area contributed by atoms with Crippen LogP contribution in [0.4, 0.5) is 0 Å². The summed E-state index contributed by atoms with van der Waals surface area (Å²) in [4.78, 5) is 43.3. The molecule has 0 saturated heterocycles. The lowest BCUT2D eigenvalue weighted by atomic mass is 9.75. The number of pyridine rings is 1. The van der Waals surface area contributed by atoms with Crippen LogP contribution >= 0.6 is 0 Å². The van der Waals surface area contributed by atoms with Crippen molar-refractivity contribution in [2.45, 2.75) is 31.4 Å². The molecule has 0 aromatic carbocycles. The van der Waals surface area contributed by atoms with Gasteiger partial charge in [-0.15, -0.1) is 0 Å². The van der Waals surface area contributed by atoms with Crippen molar-refractivity contribution in [3.63, 3.8) is 0 Å². The van der Waals surface area contributed by atoms with Crippen molar-refractivity contribution in [3.05, 3.63) is 62.7 Å². The zero-order valence-corrected chi connectivity index (χ0v) is 12.9.